The number of methoxy groups -OCH3 is 1. The van der Waals surface area contributed by atoms with Gasteiger partial charge in [-0.1, -0.05) is 12.1 Å². The van der Waals surface area contributed by atoms with Crippen LogP contribution in [0.15, 0.2) is 42.5 Å². The molecule has 2 amide bonds. The van der Waals surface area contributed by atoms with Gasteiger partial charge >= 0.3 is 0 Å². The van der Waals surface area contributed by atoms with Crippen LogP contribution in [0.1, 0.15) is 25.0 Å². The van der Waals surface area contributed by atoms with E-state index in [1.807, 2.05) is 32.0 Å². The average Bonchev–Trinajstić information content (AvgIpc) is 2.76. The zero-order valence-electron chi connectivity index (χ0n) is 14.9. The van der Waals surface area contributed by atoms with Gasteiger partial charge in [-0.2, -0.15) is 0 Å². The number of carbonyl (C=O) groups excluding carboxylic acids is 2. The van der Waals surface area contributed by atoms with Gasteiger partial charge in [0.25, 0.3) is 0 Å². The fourth-order valence-corrected chi connectivity index (χ4v) is 3.20. The van der Waals surface area contributed by atoms with Crippen LogP contribution in [0.25, 0.3) is 0 Å². The Morgan fingerprint density at radius 2 is 1.84 bits per heavy atom. The van der Waals surface area contributed by atoms with Gasteiger partial charge in [0.15, 0.2) is 0 Å². The predicted molar refractivity (Wildman–Crippen MR) is 98.2 cm³/mol. The largest absolute Gasteiger partial charge is 0.497 e. The molecule has 0 saturated heterocycles. The van der Waals surface area contributed by atoms with E-state index in [-0.39, 0.29) is 18.2 Å². The van der Waals surface area contributed by atoms with Crippen LogP contribution in [0, 0.1) is 0 Å². The van der Waals surface area contributed by atoms with Crippen molar-refractivity contribution in [1.82, 2.24) is 0 Å². The molecule has 3 rings (SSSR count). The Morgan fingerprint density at radius 3 is 2.48 bits per heavy atom. The molecule has 0 fully saturated rings. The minimum atomic E-state index is -0.563. The summed E-state index contributed by atoms with van der Waals surface area (Å²) in [6.45, 7) is 3.83. The smallest absolute Gasteiger partial charge is 0.236 e. The number of ether oxygens (including phenoxy) is 1. The highest BCUT2D eigenvalue weighted by atomic mass is 16.5. The fourth-order valence-electron chi connectivity index (χ4n) is 3.20. The van der Waals surface area contributed by atoms with Gasteiger partial charge in [0.05, 0.1) is 18.9 Å². The van der Waals surface area contributed by atoms with E-state index in [0.717, 1.165) is 28.3 Å². The van der Waals surface area contributed by atoms with Crippen molar-refractivity contribution in [3.05, 3.63) is 53.6 Å². The maximum absolute atomic E-state index is 12.3. The highest BCUT2D eigenvalue weighted by Crippen LogP contribution is 2.41. The van der Waals surface area contributed by atoms with Crippen molar-refractivity contribution >= 4 is 23.2 Å². The predicted octanol–water partition coefficient (Wildman–Crippen LogP) is 3.13. The summed E-state index contributed by atoms with van der Waals surface area (Å²) in [5, 5.41) is 2.88. The second kappa shape index (κ2) is 6.24. The van der Waals surface area contributed by atoms with Gasteiger partial charge in [0.1, 0.15) is 5.75 Å². The van der Waals surface area contributed by atoms with Crippen molar-refractivity contribution in [2.24, 2.45) is 0 Å². The monoisotopic (exact) mass is 338 g/mol. The van der Waals surface area contributed by atoms with Crippen molar-refractivity contribution in [3.8, 4) is 5.75 Å². The molecule has 1 aliphatic rings. The number of likely N-dealkylation sites (N-methyl/N-ethyl adjacent to an activating group) is 1. The van der Waals surface area contributed by atoms with Gasteiger partial charge in [0, 0.05) is 18.4 Å². The van der Waals surface area contributed by atoms with Crippen molar-refractivity contribution < 1.29 is 14.3 Å². The molecule has 0 aliphatic carbocycles. The maximum Gasteiger partial charge on any atom is 0.236 e. The molecule has 5 heteroatoms. The SMILES string of the molecule is COc1ccc(NC(=O)Cc2ccc3c(c2)C(C)(C)C(=O)N3C)cc1. The summed E-state index contributed by atoms with van der Waals surface area (Å²) < 4.78 is 5.11. The summed E-state index contributed by atoms with van der Waals surface area (Å²) in [7, 11) is 3.39. The maximum atomic E-state index is 12.3. The first kappa shape index (κ1) is 17.0. The number of benzene rings is 2. The Bertz CT molecular complexity index is 825. The molecule has 1 heterocycles. The van der Waals surface area contributed by atoms with Crippen LogP contribution < -0.4 is 15.0 Å². The van der Waals surface area contributed by atoms with Gasteiger partial charge < -0.3 is 15.0 Å². The van der Waals surface area contributed by atoms with Gasteiger partial charge in [-0.05, 0) is 55.3 Å². The number of hydrogen-bond acceptors (Lipinski definition) is 3. The minimum Gasteiger partial charge on any atom is -0.497 e. The molecule has 0 bridgehead atoms. The van der Waals surface area contributed by atoms with Crippen molar-refractivity contribution in [2.75, 3.05) is 24.4 Å². The van der Waals surface area contributed by atoms with E-state index < -0.39 is 5.41 Å². The summed E-state index contributed by atoms with van der Waals surface area (Å²) >= 11 is 0. The lowest BCUT2D eigenvalue weighted by Crippen LogP contribution is -2.33. The Hall–Kier alpha value is -2.82. The third-order valence-corrected chi connectivity index (χ3v) is 4.67. The number of amides is 2. The van der Waals surface area contributed by atoms with Crippen molar-refractivity contribution in [3.63, 3.8) is 0 Å². The molecule has 0 atom stereocenters. The third kappa shape index (κ3) is 3.09. The number of nitrogens with one attached hydrogen (secondary N) is 1. The number of hydrogen-bond donors (Lipinski definition) is 1. The van der Waals surface area contributed by atoms with Gasteiger partial charge in [-0.3, -0.25) is 9.59 Å². The zero-order valence-corrected chi connectivity index (χ0v) is 14.9. The average molecular weight is 338 g/mol. The molecule has 2 aromatic rings. The molecular formula is C20H22N2O3. The number of fused-ring (bicyclic) bond motifs is 1. The number of nitrogens with zero attached hydrogens (tertiary/aromatic N) is 1. The normalized spacial score (nSPS) is 15.0. The van der Waals surface area contributed by atoms with E-state index in [2.05, 4.69) is 5.32 Å². The lowest BCUT2D eigenvalue weighted by atomic mass is 9.85. The molecule has 130 valence electrons. The molecule has 0 radical (unpaired) electrons. The van der Waals surface area contributed by atoms with Crippen molar-refractivity contribution in [1.29, 1.82) is 0 Å². The first-order valence-electron chi connectivity index (χ1n) is 8.18. The van der Waals surface area contributed by atoms with Crippen LogP contribution in [-0.2, 0) is 21.4 Å². The third-order valence-electron chi connectivity index (χ3n) is 4.67. The lowest BCUT2D eigenvalue weighted by molar-refractivity contribution is -0.121. The molecule has 2 aromatic carbocycles. The van der Waals surface area contributed by atoms with E-state index in [1.165, 1.54) is 0 Å². The van der Waals surface area contributed by atoms with E-state index >= 15 is 0 Å². The first-order chi connectivity index (χ1) is 11.8. The van der Waals surface area contributed by atoms with Crippen LogP contribution in [0.2, 0.25) is 0 Å². The summed E-state index contributed by atoms with van der Waals surface area (Å²) in [5.41, 5.74) is 2.93. The summed E-state index contributed by atoms with van der Waals surface area (Å²) in [5.74, 6) is 0.718. The minimum absolute atomic E-state index is 0.0716. The molecule has 1 aliphatic heterocycles. The molecule has 0 aromatic heterocycles. The van der Waals surface area contributed by atoms with Crippen molar-refractivity contribution in [2.45, 2.75) is 25.7 Å². The van der Waals surface area contributed by atoms with Crippen LogP contribution in [0.5, 0.6) is 5.75 Å². The highest BCUT2D eigenvalue weighted by Gasteiger charge is 2.42. The van der Waals surface area contributed by atoms with Gasteiger partial charge in [-0.15, -0.1) is 0 Å². The number of anilines is 2. The van der Waals surface area contributed by atoms with Crippen LogP contribution in [-0.4, -0.2) is 26.0 Å². The number of rotatable bonds is 4. The molecule has 0 saturated carbocycles. The van der Waals surface area contributed by atoms with Crippen LogP contribution in [0.3, 0.4) is 0 Å². The fraction of sp³-hybridized carbons (Fsp3) is 0.300. The van der Waals surface area contributed by atoms with Gasteiger partial charge in [-0.25, -0.2) is 0 Å². The quantitative estimate of drug-likeness (QED) is 0.932. The Balaban J connectivity index is 1.74. The lowest BCUT2D eigenvalue weighted by Gasteiger charge is -2.16. The molecule has 0 unspecified atom stereocenters. The topological polar surface area (TPSA) is 58.6 Å². The summed E-state index contributed by atoms with van der Waals surface area (Å²) in [6, 6.07) is 13.0. The Labute approximate surface area is 147 Å². The first-order valence-corrected chi connectivity index (χ1v) is 8.18. The standard InChI is InChI=1S/C20H22N2O3/c1-20(2)16-11-13(5-10-17(16)22(3)19(20)24)12-18(23)21-14-6-8-15(25-4)9-7-14/h5-11H,12H2,1-4H3,(H,21,23). The van der Waals surface area contributed by atoms with Gasteiger partial charge in [0.2, 0.25) is 11.8 Å². The molecule has 5 nitrogen and oxygen atoms in total. The second-order valence-corrected chi connectivity index (χ2v) is 6.79. The van der Waals surface area contributed by atoms with E-state index in [9.17, 15) is 9.59 Å². The molecule has 25 heavy (non-hydrogen) atoms. The summed E-state index contributed by atoms with van der Waals surface area (Å²) in [6.07, 6.45) is 0.257. The molecule has 0 spiro atoms. The molecule has 1 N–H and O–H groups in total. The molecular weight excluding hydrogens is 316 g/mol. The Kier molecular flexibility index (Phi) is 4.25. The Morgan fingerprint density at radius 1 is 1.16 bits per heavy atom. The van der Waals surface area contributed by atoms with Crippen LogP contribution in [0.4, 0.5) is 11.4 Å². The van der Waals surface area contributed by atoms with Crippen LogP contribution >= 0.6 is 0 Å². The summed E-state index contributed by atoms with van der Waals surface area (Å²) in [4.78, 5) is 26.3. The highest BCUT2D eigenvalue weighted by molar-refractivity contribution is 6.07. The second-order valence-electron chi connectivity index (χ2n) is 6.79. The zero-order chi connectivity index (χ0) is 18.2. The van der Waals surface area contributed by atoms with E-state index in [1.54, 1.807) is 43.3 Å². The van der Waals surface area contributed by atoms with E-state index in [4.69, 9.17) is 4.74 Å². The number of carbonyl (C=O) groups is 2. The van der Waals surface area contributed by atoms with E-state index in [0.29, 0.717) is 0 Å².